The first kappa shape index (κ1) is 10.4. The molecule has 0 radical (unpaired) electrons. The van der Waals surface area contributed by atoms with Gasteiger partial charge in [0.05, 0.1) is 12.6 Å². The number of aliphatic hydroxyl groups is 1. The van der Waals surface area contributed by atoms with E-state index in [4.69, 9.17) is 10.8 Å². The Labute approximate surface area is 67.0 Å². The van der Waals surface area contributed by atoms with Crippen molar-refractivity contribution in [3.8, 4) is 0 Å². The third-order valence-corrected chi connectivity index (χ3v) is 1.75. The Morgan fingerprint density at radius 3 is 2.55 bits per heavy atom. The summed E-state index contributed by atoms with van der Waals surface area (Å²) in [5.41, 5.74) is 5.08. The van der Waals surface area contributed by atoms with Crippen molar-refractivity contribution < 1.29 is 9.90 Å². The van der Waals surface area contributed by atoms with E-state index in [1.54, 1.807) is 6.92 Å². The maximum atomic E-state index is 10.7. The van der Waals surface area contributed by atoms with Crippen LogP contribution in [0.2, 0.25) is 0 Å². The molecule has 1 unspecified atom stereocenters. The molecule has 0 rings (SSSR count). The summed E-state index contributed by atoms with van der Waals surface area (Å²) in [6.45, 7) is 4.95. The average Bonchev–Trinajstić information content (AvgIpc) is 1.98. The van der Waals surface area contributed by atoms with Gasteiger partial charge >= 0.3 is 0 Å². The molecule has 66 valence electrons. The molecule has 0 heterocycles. The normalized spacial score (nSPS) is 13.5. The third-order valence-electron chi connectivity index (χ3n) is 1.75. The van der Waals surface area contributed by atoms with E-state index < -0.39 is 0 Å². The van der Waals surface area contributed by atoms with Crippen molar-refractivity contribution >= 4 is 5.91 Å². The number of nitrogens with two attached hydrogens (primary N) is 1. The number of rotatable bonds is 5. The molecule has 0 aromatic rings. The summed E-state index contributed by atoms with van der Waals surface area (Å²) in [6, 6.07) is -0.285. The molecule has 11 heavy (non-hydrogen) atoms. The fourth-order valence-corrected chi connectivity index (χ4v) is 0.934. The summed E-state index contributed by atoms with van der Waals surface area (Å²) >= 11 is 0. The van der Waals surface area contributed by atoms with Crippen molar-refractivity contribution in [1.82, 2.24) is 4.90 Å². The lowest BCUT2D eigenvalue weighted by molar-refractivity contribution is -0.122. The highest BCUT2D eigenvalue weighted by molar-refractivity contribution is 5.79. The highest BCUT2D eigenvalue weighted by Gasteiger charge is 2.15. The van der Waals surface area contributed by atoms with E-state index in [0.717, 1.165) is 6.54 Å². The summed E-state index contributed by atoms with van der Waals surface area (Å²) in [5, 5.41) is 8.60. The molecule has 0 aliphatic heterocycles. The summed E-state index contributed by atoms with van der Waals surface area (Å²) in [5.74, 6) is -0.347. The van der Waals surface area contributed by atoms with Crippen LogP contribution in [0.1, 0.15) is 13.8 Å². The molecule has 0 aromatic carbocycles. The number of hydrogen-bond acceptors (Lipinski definition) is 3. The number of carbonyl (C=O) groups excluding carboxylic acids is 1. The van der Waals surface area contributed by atoms with E-state index in [1.807, 2.05) is 11.8 Å². The van der Waals surface area contributed by atoms with Crippen molar-refractivity contribution in [3.05, 3.63) is 0 Å². The van der Waals surface area contributed by atoms with E-state index in [-0.39, 0.29) is 18.6 Å². The van der Waals surface area contributed by atoms with Crippen LogP contribution in [-0.4, -0.2) is 41.7 Å². The molecule has 0 saturated carbocycles. The molecule has 1 atom stereocenters. The van der Waals surface area contributed by atoms with Gasteiger partial charge in [-0.05, 0) is 13.5 Å². The van der Waals surface area contributed by atoms with Crippen LogP contribution in [0.25, 0.3) is 0 Å². The van der Waals surface area contributed by atoms with E-state index in [2.05, 4.69) is 0 Å². The van der Waals surface area contributed by atoms with Gasteiger partial charge in [-0.1, -0.05) is 6.92 Å². The van der Waals surface area contributed by atoms with Crippen LogP contribution in [-0.2, 0) is 4.79 Å². The summed E-state index contributed by atoms with van der Waals surface area (Å²) in [6.07, 6.45) is 0. The minimum atomic E-state index is -0.347. The van der Waals surface area contributed by atoms with Gasteiger partial charge in [0, 0.05) is 6.54 Å². The van der Waals surface area contributed by atoms with Crippen LogP contribution >= 0.6 is 0 Å². The zero-order chi connectivity index (χ0) is 8.85. The summed E-state index contributed by atoms with van der Waals surface area (Å²) in [4.78, 5) is 12.5. The lowest BCUT2D eigenvalue weighted by Gasteiger charge is -2.23. The standard InChI is InChI=1S/C7H16N2O2/c1-3-9(4-5-10)6(2)7(8)11/h6,10H,3-5H2,1-2H3,(H2,8,11). The fourth-order valence-electron chi connectivity index (χ4n) is 0.934. The molecule has 0 bridgehead atoms. The van der Waals surface area contributed by atoms with Crippen LogP contribution in [0, 0.1) is 0 Å². The number of likely N-dealkylation sites (N-methyl/N-ethyl adjacent to an activating group) is 1. The van der Waals surface area contributed by atoms with Gasteiger partial charge in [-0.25, -0.2) is 0 Å². The zero-order valence-corrected chi connectivity index (χ0v) is 7.08. The molecule has 4 nitrogen and oxygen atoms in total. The molecular weight excluding hydrogens is 144 g/mol. The number of nitrogens with zero attached hydrogens (tertiary/aromatic N) is 1. The van der Waals surface area contributed by atoms with Gasteiger partial charge in [-0.15, -0.1) is 0 Å². The number of hydrogen-bond donors (Lipinski definition) is 2. The second-order valence-electron chi connectivity index (χ2n) is 2.43. The van der Waals surface area contributed by atoms with Crippen molar-refractivity contribution in [2.45, 2.75) is 19.9 Å². The fraction of sp³-hybridized carbons (Fsp3) is 0.857. The van der Waals surface area contributed by atoms with Gasteiger partial charge in [0.25, 0.3) is 0 Å². The summed E-state index contributed by atoms with van der Waals surface area (Å²) < 4.78 is 0. The molecular formula is C7H16N2O2. The van der Waals surface area contributed by atoms with Gasteiger partial charge < -0.3 is 10.8 Å². The van der Waals surface area contributed by atoms with Crippen molar-refractivity contribution in [2.24, 2.45) is 5.73 Å². The Hall–Kier alpha value is -0.610. The first-order chi connectivity index (χ1) is 5.13. The molecule has 0 aliphatic carbocycles. The SMILES string of the molecule is CCN(CCO)C(C)C(N)=O. The molecule has 4 heteroatoms. The molecule has 0 saturated heterocycles. The first-order valence-electron chi connectivity index (χ1n) is 3.77. The van der Waals surface area contributed by atoms with Gasteiger partial charge in [0.2, 0.25) is 5.91 Å². The molecule has 1 amide bonds. The number of carbonyl (C=O) groups is 1. The molecule has 3 N–H and O–H groups in total. The highest BCUT2D eigenvalue weighted by atomic mass is 16.3. The lowest BCUT2D eigenvalue weighted by Crippen LogP contribution is -2.43. The predicted octanol–water partition coefficient (Wildman–Crippen LogP) is -0.826. The Morgan fingerprint density at radius 2 is 2.27 bits per heavy atom. The van der Waals surface area contributed by atoms with E-state index in [9.17, 15) is 4.79 Å². The zero-order valence-electron chi connectivity index (χ0n) is 7.08. The molecule has 0 aliphatic rings. The molecule has 0 fully saturated rings. The van der Waals surface area contributed by atoms with Gasteiger partial charge in [-0.2, -0.15) is 0 Å². The largest absolute Gasteiger partial charge is 0.395 e. The Kier molecular flexibility index (Phi) is 4.81. The van der Waals surface area contributed by atoms with Crippen LogP contribution in [0.3, 0.4) is 0 Å². The summed E-state index contributed by atoms with van der Waals surface area (Å²) in [7, 11) is 0. The minimum absolute atomic E-state index is 0.0610. The Morgan fingerprint density at radius 1 is 1.73 bits per heavy atom. The topological polar surface area (TPSA) is 66.6 Å². The Bertz CT molecular complexity index is 128. The van der Waals surface area contributed by atoms with E-state index in [1.165, 1.54) is 0 Å². The monoisotopic (exact) mass is 160 g/mol. The van der Waals surface area contributed by atoms with Crippen molar-refractivity contribution in [3.63, 3.8) is 0 Å². The maximum absolute atomic E-state index is 10.7. The minimum Gasteiger partial charge on any atom is -0.395 e. The third kappa shape index (κ3) is 3.34. The van der Waals surface area contributed by atoms with Gasteiger partial charge in [0.1, 0.15) is 0 Å². The van der Waals surface area contributed by atoms with E-state index >= 15 is 0 Å². The lowest BCUT2D eigenvalue weighted by atomic mass is 10.2. The second kappa shape index (κ2) is 5.09. The number of primary amides is 1. The van der Waals surface area contributed by atoms with Gasteiger partial charge in [0.15, 0.2) is 0 Å². The quantitative estimate of drug-likeness (QED) is 0.552. The van der Waals surface area contributed by atoms with Crippen LogP contribution in [0.5, 0.6) is 0 Å². The maximum Gasteiger partial charge on any atom is 0.234 e. The molecule has 0 aromatic heterocycles. The molecule has 0 spiro atoms. The predicted molar refractivity (Wildman–Crippen MR) is 43.0 cm³/mol. The van der Waals surface area contributed by atoms with Gasteiger partial charge in [-0.3, -0.25) is 9.69 Å². The van der Waals surface area contributed by atoms with Crippen LogP contribution in [0.4, 0.5) is 0 Å². The van der Waals surface area contributed by atoms with Crippen molar-refractivity contribution in [1.29, 1.82) is 0 Å². The number of aliphatic hydroxyl groups excluding tert-OH is 1. The Balaban J connectivity index is 3.91. The highest BCUT2D eigenvalue weighted by Crippen LogP contribution is 1.95. The second-order valence-corrected chi connectivity index (χ2v) is 2.43. The smallest absolute Gasteiger partial charge is 0.234 e. The van der Waals surface area contributed by atoms with E-state index in [0.29, 0.717) is 6.54 Å². The van der Waals surface area contributed by atoms with Crippen LogP contribution < -0.4 is 5.73 Å². The first-order valence-corrected chi connectivity index (χ1v) is 3.77. The average molecular weight is 160 g/mol. The number of amides is 1. The van der Waals surface area contributed by atoms with Crippen LogP contribution in [0.15, 0.2) is 0 Å². The van der Waals surface area contributed by atoms with Crippen molar-refractivity contribution in [2.75, 3.05) is 19.7 Å².